The van der Waals surface area contributed by atoms with E-state index in [4.69, 9.17) is 32.5 Å². The summed E-state index contributed by atoms with van der Waals surface area (Å²) in [6, 6.07) is 7.76. The van der Waals surface area contributed by atoms with Gasteiger partial charge in [-0.2, -0.15) is 0 Å². The zero-order valence-electron chi connectivity index (χ0n) is 20.0. The third kappa shape index (κ3) is 4.83. The number of anilines is 1. The minimum Gasteiger partial charge on any atom is -0.373 e. The van der Waals surface area contributed by atoms with Crippen LogP contribution in [0.5, 0.6) is 0 Å². The van der Waals surface area contributed by atoms with Gasteiger partial charge in [-0.3, -0.25) is 9.51 Å². The van der Waals surface area contributed by atoms with Crippen LogP contribution in [0.2, 0.25) is 10.0 Å². The maximum absolute atomic E-state index is 14.7. The third-order valence-electron chi connectivity index (χ3n) is 6.94. The molecule has 38 heavy (non-hydrogen) atoms. The zero-order chi connectivity index (χ0) is 26.4. The lowest BCUT2D eigenvalue weighted by atomic mass is 10.0. The molecule has 2 fully saturated rings. The molecule has 1 N–H and O–H groups in total. The maximum Gasteiger partial charge on any atom is 0.439 e. The first-order valence-electron chi connectivity index (χ1n) is 12.2. The van der Waals surface area contributed by atoms with E-state index in [0.29, 0.717) is 65.4 Å². The highest BCUT2D eigenvalue weighted by Crippen LogP contribution is 2.46. The Hall–Kier alpha value is -3.21. The molecule has 8 nitrogen and oxygen atoms in total. The number of benzene rings is 2. The number of aromatic nitrogens is 3. The summed E-state index contributed by atoms with van der Waals surface area (Å²) in [6.45, 7) is 1.39. The smallest absolute Gasteiger partial charge is 0.373 e. The molecule has 0 bridgehead atoms. The number of nitrogens with one attached hydrogen (secondary N) is 1. The molecule has 6 rings (SSSR count). The summed E-state index contributed by atoms with van der Waals surface area (Å²) in [7, 11) is 0. The van der Waals surface area contributed by atoms with Gasteiger partial charge in [0.2, 0.25) is 0 Å². The average molecular weight is 563 g/mol. The van der Waals surface area contributed by atoms with Gasteiger partial charge < -0.3 is 14.2 Å². The van der Waals surface area contributed by atoms with Crippen LogP contribution >= 0.6 is 23.2 Å². The number of halogens is 4. The van der Waals surface area contributed by atoms with Crippen molar-refractivity contribution in [3.05, 3.63) is 73.9 Å². The Bertz CT molecular complexity index is 1500. The lowest BCUT2D eigenvalue weighted by Crippen LogP contribution is -2.37. The van der Waals surface area contributed by atoms with E-state index in [0.717, 1.165) is 24.2 Å². The van der Waals surface area contributed by atoms with Gasteiger partial charge in [-0.15, -0.1) is 0 Å². The molecule has 0 spiro atoms. The highest BCUT2D eigenvalue weighted by Gasteiger charge is 2.34. The Morgan fingerprint density at radius 3 is 2.29 bits per heavy atom. The van der Waals surface area contributed by atoms with Crippen molar-refractivity contribution in [2.75, 3.05) is 18.0 Å². The number of piperidine rings is 1. The van der Waals surface area contributed by atoms with Crippen molar-refractivity contribution in [1.29, 1.82) is 0 Å². The Morgan fingerprint density at radius 1 is 1.00 bits per heavy atom. The standard InChI is InChI=1S/C26H22Cl2F2N4O4/c27-17-2-1-3-18(28)21(17)23-16(24(37-32-23)13-4-5-13)12-36-15-6-8-34(9-7-15)14-10-19(29)22(20(30)11-14)25-31-26(35)38-33-25/h1-3,10-11,13,15H,4-9,12H2,(H,31,33,35). The van der Waals surface area contributed by atoms with Crippen molar-refractivity contribution in [3.8, 4) is 22.6 Å². The molecule has 2 aromatic carbocycles. The summed E-state index contributed by atoms with van der Waals surface area (Å²) in [4.78, 5) is 15.2. The molecular weight excluding hydrogens is 541 g/mol. The van der Waals surface area contributed by atoms with E-state index in [1.54, 1.807) is 18.2 Å². The number of H-pyrrole nitrogens is 1. The molecule has 0 amide bonds. The Morgan fingerprint density at radius 2 is 1.68 bits per heavy atom. The number of nitrogens with zero attached hydrogens (tertiary/aromatic N) is 3. The van der Waals surface area contributed by atoms with Crippen LogP contribution in [0.4, 0.5) is 14.5 Å². The molecule has 0 unspecified atom stereocenters. The quantitative estimate of drug-likeness (QED) is 0.281. The van der Waals surface area contributed by atoms with Crippen molar-refractivity contribution in [2.45, 2.75) is 44.3 Å². The van der Waals surface area contributed by atoms with Gasteiger partial charge in [0.15, 0.2) is 5.82 Å². The Balaban J connectivity index is 1.14. The second kappa shape index (κ2) is 10.2. The molecule has 3 heterocycles. The summed E-state index contributed by atoms with van der Waals surface area (Å²) in [6.07, 6.45) is 3.34. The van der Waals surface area contributed by atoms with E-state index in [2.05, 4.69) is 19.8 Å². The Labute approximate surface area is 225 Å². The van der Waals surface area contributed by atoms with Crippen LogP contribution in [0.3, 0.4) is 0 Å². The van der Waals surface area contributed by atoms with E-state index in [1.165, 1.54) is 12.1 Å². The monoisotopic (exact) mass is 562 g/mol. The number of hydrogen-bond acceptors (Lipinski definition) is 7. The predicted molar refractivity (Wildman–Crippen MR) is 136 cm³/mol. The number of ether oxygens (including phenoxy) is 1. The van der Waals surface area contributed by atoms with Gasteiger partial charge >= 0.3 is 5.76 Å². The Kier molecular flexibility index (Phi) is 6.71. The first-order chi connectivity index (χ1) is 18.4. The van der Waals surface area contributed by atoms with Gasteiger partial charge in [0.25, 0.3) is 0 Å². The van der Waals surface area contributed by atoms with Crippen LogP contribution in [0, 0.1) is 11.6 Å². The molecule has 2 aliphatic rings. The SMILES string of the molecule is O=c1[nH]c(-c2c(F)cc(N3CCC(OCc4c(-c5c(Cl)cccc5Cl)noc4C4CC4)CC3)cc2F)no1. The van der Waals surface area contributed by atoms with Crippen molar-refractivity contribution in [2.24, 2.45) is 0 Å². The fourth-order valence-electron chi connectivity index (χ4n) is 4.84. The first kappa shape index (κ1) is 25.1. The van der Waals surface area contributed by atoms with Crippen LogP contribution in [0.25, 0.3) is 22.6 Å². The van der Waals surface area contributed by atoms with Crippen LogP contribution in [-0.2, 0) is 11.3 Å². The van der Waals surface area contributed by atoms with Gasteiger partial charge in [-0.25, -0.2) is 13.6 Å². The van der Waals surface area contributed by atoms with Gasteiger partial charge in [0, 0.05) is 35.8 Å². The van der Waals surface area contributed by atoms with Gasteiger partial charge in [0.1, 0.15) is 23.1 Å². The second-order valence-electron chi connectivity index (χ2n) is 9.47. The molecule has 198 valence electrons. The van der Waals surface area contributed by atoms with Crippen LogP contribution in [-0.4, -0.2) is 34.5 Å². The number of hydrogen-bond donors (Lipinski definition) is 1. The zero-order valence-corrected chi connectivity index (χ0v) is 21.5. The van der Waals surface area contributed by atoms with Gasteiger partial charge in [-0.05, 0) is 49.9 Å². The highest BCUT2D eigenvalue weighted by molar-refractivity contribution is 6.39. The fraction of sp³-hybridized carbons (Fsp3) is 0.346. The molecule has 1 aliphatic heterocycles. The van der Waals surface area contributed by atoms with E-state index >= 15 is 0 Å². The summed E-state index contributed by atoms with van der Waals surface area (Å²) >= 11 is 12.9. The fourth-order valence-corrected chi connectivity index (χ4v) is 5.41. The lowest BCUT2D eigenvalue weighted by Gasteiger charge is -2.33. The predicted octanol–water partition coefficient (Wildman–Crippen LogP) is 6.33. The van der Waals surface area contributed by atoms with E-state index in [9.17, 15) is 13.6 Å². The number of aromatic amines is 1. The third-order valence-corrected chi connectivity index (χ3v) is 7.57. The summed E-state index contributed by atoms with van der Waals surface area (Å²) in [5, 5.41) is 8.65. The van der Waals surface area contributed by atoms with E-state index in [1.807, 2.05) is 4.90 Å². The minimum absolute atomic E-state index is 0.0584. The molecule has 0 radical (unpaired) electrons. The normalized spacial score (nSPS) is 16.4. The highest BCUT2D eigenvalue weighted by atomic mass is 35.5. The van der Waals surface area contributed by atoms with Gasteiger partial charge in [0.05, 0.1) is 28.3 Å². The molecule has 1 saturated heterocycles. The van der Waals surface area contributed by atoms with Crippen LogP contribution in [0.15, 0.2) is 44.2 Å². The van der Waals surface area contributed by atoms with Crippen molar-refractivity contribution in [3.63, 3.8) is 0 Å². The second-order valence-corrected chi connectivity index (χ2v) is 10.3. The van der Waals surface area contributed by atoms with E-state index < -0.39 is 23.0 Å². The number of rotatable bonds is 7. The summed E-state index contributed by atoms with van der Waals surface area (Å²) in [5.41, 5.74) is 2.04. The van der Waals surface area contributed by atoms with Gasteiger partial charge in [-0.1, -0.05) is 39.6 Å². The maximum atomic E-state index is 14.7. The largest absolute Gasteiger partial charge is 0.439 e. The molecular formula is C26H22Cl2F2N4O4. The molecule has 0 atom stereocenters. The lowest BCUT2D eigenvalue weighted by molar-refractivity contribution is 0.0246. The van der Waals surface area contributed by atoms with Crippen LogP contribution in [0.1, 0.15) is 42.9 Å². The first-order valence-corrected chi connectivity index (χ1v) is 13.0. The molecule has 4 aromatic rings. The molecule has 2 aromatic heterocycles. The van der Waals surface area contributed by atoms with Crippen molar-refractivity contribution in [1.82, 2.24) is 15.3 Å². The van der Waals surface area contributed by atoms with Crippen molar-refractivity contribution < 1.29 is 22.6 Å². The van der Waals surface area contributed by atoms with Crippen molar-refractivity contribution >= 4 is 28.9 Å². The molecule has 1 aliphatic carbocycles. The topological polar surface area (TPSA) is 97.4 Å². The molecule has 1 saturated carbocycles. The minimum atomic E-state index is -0.887. The summed E-state index contributed by atoms with van der Waals surface area (Å²) < 4.78 is 45.8. The van der Waals surface area contributed by atoms with E-state index in [-0.39, 0.29) is 11.9 Å². The molecule has 12 heteroatoms. The summed E-state index contributed by atoms with van der Waals surface area (Å²) in [5.74, 6) is -1.72. The average Bonchev–Trinajstić information content (AvgIpc) is 3.52. The van der Waals surface area contributed by atoms with Crippen LogP contribution < -0.4 is 10.7 Å².